The van der Waals surface area contributed by atoms with Crippen molar-refractivity contribution in [2.45, 2.75) is 32.4 Å². The van der Waals surface area contributed by atoms with Crippen LogP contribution < -0.4 is 0 Å². The zero-order chi connectivity index (χ0) is 11.0. The van der Waals surface area contributed by atoms with Crippen LogP contribution in [0.3, 0.4) is 0 Å². The molecule has 0 aliphatic rings. The molecule has 0 aromatic carbocycles. The zero-order valence-electron chi connectivity index (χ0n) is 8.24. The van der Waals surface area contributed by atoms with Crippen molar-refractivity contribution in [1.29, 1.82) is 0 Å². The van der Waals surface area contributed by atoms with E-state index in [9.17, 15) is 13.2 Å². The molecule has 0 aromatic heterocycles. The minimum Gasteiger partial charge on any atom is -0.381 e. The molecule has 0 amide bonds. The molecule has 0 aliphatic heterocycles. The number of ether oxygens (including phenoxy) is 1. The number of hydrogen-bond donors (Lipinski definition) is 0. The molecule has 0 fully saturated rings. The van der Waals surface area contributed by atoms with E-state index in [2.05, 4.69) is 0 Å². The summed E-state index contributed by atoms with van der Waals surface area (Å²) in [5.41, 5.74) is 0. The van der Waals surface area contributed by atoms with Gasteiger partial charge >= 0.3 is 6.18 Å². The number of alkyl halides is 4. The van der Waals surface area contributed by atoms with Crippen LogP contribution in [0.15, 0.2) is 0 Å². The van der Waals surface area contributed by atoms with Crippen molar-refractivity contribution in [3.05, 3.63) is 0 Å². The Morgan fingerprint density at radius 1 is 1.21 bits per heavy atom. The van der Waals surface area contributed by atoms with Crippen LogP contribution in [0.5, 0.6) is 0 Å². The van der Waals surface area contributed by atoms with Crippen molar-refractivity contribution < 1.29 is 17.9 Å². The molecule has 1 nitrogen and oxygen atoms in total. The van der Waals surface area contributed by atoms with Gasteiger partial charge in [-0.2, -0.15) is 13.2 Å². The van der Waals surface area contributed by atoms with Gasteiger partial charge in [-0.25, -0.2) is 0 Å². The molecule has 0 spiro atoms. The lowest BCUT2D eigenvalue weighted by molar-refractivity contribution is -0.145. The lowest BCUT2D eigenvalue weighted by Crippen LogP contribution is -2.12. The van der Waals surface area contributed by atoms with Gasteiger partial charge in [-0.3, -0.25) is 0 Å². The first-order valence-electron chi connectivity index (χ1n) is 4.66. The smallest absolute Gasteiger partial charge is 0.381 e. The van der Waals surface area contributed by atoms with Crippen molar-refractivity contribution in [2.75, 3.05) is 19.1 Å². The average Bonchev–Trinajstić information content (AvgIpc) is 2.02. The second-order valence-electron chi connectivity index (χ2n) is 3.35. The summed E-state index contributed by atoms with van der Waals surface area (Å²) in [5.74, 6) is 1.00. The highest BCUT2D eigenvalue weighted by atomic mass is 35.5. The van der Waals surface area contributed by atoms with E-state index in [1.54, 1.807) is 0 Å². The maximum atomic E-state index is 11.7. The van der Waals surface area contributed by atoms with Crippen LogP contribution in [0.2, 0.25) is 0 Å². The van der Waals surface area contributed by atoms with Gasteiger partial charge in [0.1, 0.15) is 0 Å². The molecule has 0 aromatic rings. The van der Waals surface area contributed by atoms with Crippen LogP contribution in [0, 0.1) is 5.92 Å². The Balaban J connectivity index is 3.21. The largest absolute Gasteiger partial charge is 0.391 e. The third-order valence-corrected chi connectivity index (χ3v) is 2.10. The quantitative estimate of drug-likeness (QED) is 0.481. The third-order valence-electron chi connectivity index (χ3n) is 1.89. The predicted molar refractivity (Wildman–Crippen MR) is 50.6 cm³/mol. The SMILES string of the molecule is CC(CCCl)CCOCCC(F)(F)F. The van der Waals surface area contributed by atoms with Crippen molar-refractivity contribution in [3.63, 3.8) is 0 Å². The monoisotopic (exact) mass is 232 g/mol. The van der Waals surface area contributed by atoms with Crippen LogP contribution in [0.1, 0.15) is 26.2 Å². The molecule has 0 rings (SSSR count). The lowest BCUT2D eigenvalue weighted by atomic mass is 10.1. The summed E-state index contributed by atoms with van der Waals surface area (Å²) in [6.07, 6.45) is -3.33. The van der Waals surface area contributed by atoms with Gasteiger partial charge < -0.3 is 4.74 Å². The highest BCUT2D eigenvalue weighted by Crippen LogP contribution is 2.19. The molecule has 1 unspecified atom stereocenters. The van der Waals surface area contributed by atoms with Crippen LogP contribution in [-0.2, 0) is 4.74 Å². The average molecular weight is 233 g/mol. The molecule has 0 radical (unpaired) electrons. The van der Waals surface area contributed by atoms with Gasteiger partial charge in [0.05, 0.1) is 13.0 Å². The van der Waals surface area contributed by atoms with E-state index in [1.807, 2.05) is 6.92 Å². The lowest BCUT2D eigenvalue weighted by Gasteiger charge is -2.10. The Kier molecular flexibility index (Phi) is 7.37. The topological polar surface area (TPSA) is 9.23 Å². The Labute approximate surface area is 87.6 Å². The van der Waals surface area contributed by atoms with E-state index >= 15 is 0 Å². The molecular formula is C9H16ClF3O. The number of hydrogen-bond acceptors (Lipinski definition) is 1. The first-order valence-corrected chi connectivity index (χ1v) is 5.19. The van der Waals surface area contributed by atoms with Crippen molar-refractivity contribution in [3.8, 4) is 0 Å². The highest BCUT2D eigenvalue weighted by molar-refractivity contribution is 6.17. The van der Waals surface area contributed by atoms with Crippen molar-refractivity contribution in [2.24, 2.45) is 5.92 Å². The highest BCUT2D eigenvalue weighted by Gasteiger charge is 2.26. The van der Waals surface area contributed by atoms with Crippen LogP contribution in [0.25, 0.3) is 0 Å². The first-order chi connectivity index (χ1) is 6.45. The summed E-state index contributed by atoms with van der Waals surface area (Å²) < 4.78 is 39.9. The number of rotatable bonds is 7. The Morgan fingerprint density at radius 2 is 1.86 bits per heavy atom. The van der Waals surface area contributed by atoms with E-state index in [1.165, 1.54) is 0 Å². The second-order valence-corrected chi connectivity index (χ2v) is 3.73. The molecule has 0 bridgehead atoms. The van der Waals surface area contributed by atoms with Gasteiger partial charge in [0.15, 0.2) is 0 Å². The fourth-order valence-corrected chi connectivity index (χ4v) is 1.28. The van der Waals surface area contributed by atoms with Crippen molar-refractivity contribution in [1.82, 2.24) is 0 Å². The Bertz CT molecular complexity index is 139. The molecular weight excluding hydrogens is 217 g/mol. The fraction of sp³-hybridized carbons (Fsp3) is 1.00. The standard InChI is InChI=1S/C9H16ClF3O/c1-8(2-5-10)3-6-14-7-4-9(11,12)13/h8H,2-7H2,1H3. The van der Waals surface area contributed by atoms with Gasteiger partial charge in [0.2, 0.25) is 0 Å². The van der Waals surface area contributed by atoms with Gasteiger partial charge in [-0.1, -0.05) is 6.92 Å². The van der Waals surface area contributed by atoms with E-state index in [4.69, 9.17) is 16.3 Å². The number of halogens is 4. The summed E-state index contributed by atoms with van der Waals surface area (Å²) in [7, 11) is 0. The van der Waals surface area contributed by atoms with Crippen LogP contribution >= 0.6 is 11.6 Å². The molecule has 0 saturated heterocycles. The summed E-state index contributed by atoms with van der Waals surface area (Å²) in [4.78, 5) is 0. The van der Waals surface area contributed by atoms with Gasteiger partial charge in [0.25, 0.3) is 0 Å². The first kappa shape index (κ1) is 14.0. The maximum absolute atomic E-state index is 11.7. The maximum Gasteiger partial charge on any atom is 0.391 e. The van der Waals surface area contributed by atoms with Gasteiger partial charge in [-0.15, -0.1) is 11.6 Å². The van der Waals surface area contributed by atoms with Gasteiger partial charge in [0, 0.05) is 12.5 Å². The van der Waals surface area contributed by atoms with Crippen molar-refractivity contribution >= 4 is 11.6 Å². The fourth-order valence-electron chi connectivity index (χ4n) is 0.905. The Morgan fingerprint density at radius 3 is 2.36 bits per heavy atom. The summed E-state index contributed by atoms with van der Waals surface area (Å²) in [6, 6.07) is 0. The predicted octanol–water partition coefficient (Wildman–Crippen LogP) is 3.61. The Hall–Kier alpha value is 0.0400. The summed E-state index contributed by atoms with van der Waals surface area (Å²) in [6.45, 7) is 2.15. The zero-order valence-corrected chi connectivity index (χ0v) is 9.00. The molecule has 14 heavy (non-hydrogen) atoms. The third kappa shape index (κ3) is 10.1. The van der Waals surface area contributed by atoms with E-state index in [0.717, 1.165) is 12.8 Å². The summed E-state index contributed by atoms with van der Waals surface area (Å²) >= 11 is 5.51. The molecule has 0 saturated carbocycles. The minimum absolute atomic E-state index is 0.239. The minimum atomic E-state index is -4.11. The van der Waals surface area contributed by atoms with E-state index in [0.29, 0.717) is 18.4 Å². The van der Waals surface area contributed by atoms with E-state index < -0.39 is 12.6 Å². The second kappa shape index (κ2) is 7.35. The van der Waals surface area contributed by atoms with E-state index in [-0.39, 0.29) is 6.61 Å². The molecule has 86 valence electrons. The molecule has 5 heteroatoms. The molecule has 0 N–H and O–H groups in total. The normalized spacial score (nSPS) is 14.4. The van der Waals surface area contributed by atoms with Crippen LogP contribution in [0.4, 0.5) is 13.2 Å². The van der Waals surface area contributed by atoms with Crippen LogP contribution in [-0.4, -0.2) is 25.3 Å². The molecule has 0 aliphatic carbocycles. The molecule has 0 heterocycles. The van der Waals surface area contributed by atoms with Gasteiger partial charge in [-0.05, 0) is 18.8 Å². The summed E-state index contributed by atoms with van der Waals surface area (Å²) in [5, 5.41) is 0. The molecule has 1 atom stereocenters.